The zero-order valence-electron chi connectivity index (χ0n) is 16.0. The van der Waals surface area contributed by atoms with E-state index in [2.05, 4.69) is 16.5 Å². The molecule has 5 nitrogen and oxygen atoms in total. The second kappa shape index (κ2) is 9.19. The molecule has 1 N–H and O–H groups in total. The molecule has 0 atom stereocenters. The number of carbonyl (C=O) groups is 1. The van der Waals surface area contributed by atoms with Crippen molar-refractivity contribution in [1.82, 2.24) is 4.57 Å². The van der Waals surface area contributed by atoms with Crippen LogP contribution < -0.4 is 14.9 Å². The molecule has 0 saturated heterocycles. The summed E-state index contributed by atoms with van der Waals surface area (Å²) in [5.74, 6) is 0.662. The monoisotopic (exact) mass is 393 g/mol. The number of hydrogen-bond acceptors (Lipinski definition) is 4. The van der Waals surface area contributed by atoms with E-state index < -0.39 is 0 Å². The van der Waals surface area contributed by atoms with Crippen LogP contribution in [-0.2, 0) is 11.3 Å². The van der Waals surface area contributed by atoms with E-state index in [4.69, 9.17) is 9.73 Å². The van der Waals surface area contributed by atoms with Crippen LogP contribution in [0.5, 0.6) is 5.75 Å². The maximum absolute atomic E-state index is 12.1. The van der Waals surface area contributed by atoms with Gasteiger partial charge in [0, 0.05) is 18.5 Å². The molecule has 2 aromatic carbocycles. The molecule has 3 rings (SSSR count). The van der Waals surface area contributed by atoms with E-state index in [1.54, 1.807) is 7.11 Å². The van der Waals surface area contributed by atoms with Crippen LogP contribution >= 0.6 is 11.3 Å². The second-order valence-corrected chi connectivity index (χ2v) is 6.99. The van der Waals surface area contributed by atoms with Crippen LogP contribution in [0.3, 0.4) is 0 Å². The summed E-state index contributed by atoms with van der Waals surface area (Å²) >= 11 is 1.44. The number of nitrogens with one attached hydrogen (secondary N) is 1. The van der Waals surface area contributed by atoms with Gasteiger partial charge in [0.2, 0.25) is 5.91 Å². The Morgan fingerprint density at radius 3 is 2.61 bits per heavy atom. The van der Waals surface area contributed by atoms with Crippen LogP contribution in [-0.4, -0.2) is 17.6 Å². The Morgan fingerprint density at radius 1 is 1.21 bits per heavy atom. The normalized spacial score (nSPS) is 11.3. The van der Waals surface area contributed by atoms with Gasteiger partial charge in [0.15, 0.2) is 4.80 Å². The molecule has 0 bridgehead atoms. The highest BCUT2D eigenvalue weighted by atomic mass is 32.1. The van der Waals surface area contributed by atoms with Crippen LogP contribution in [0.25, 0.3) is 11.3 Å². The fraction of sp³-hybridized carbons (Fsp3) is 0.182. The minimum atomic E-state index is -0.0342. The summed E-state index contributed by atoms with van der Waals surface area (Å²) < 4.78 is 7.49. The average molecular weight is 394 g/mol. The van der Waals surface area contributed by atoms with E-state index >= 15 is 0 Å². The van der Waals surface area contributed by atoms with Crippen molar-refractivity contribution in [2.45, 2.75) is 19.9 Å². The summed E-state index contributed by atoms with van der Waals surface area (Å²) in [6, 6.07) is 17.6. The first-order valence-electron chi connectivity index (χ1n) is 9.05. The van der Waals surface area contributed by atoms with E-state index in [0.717, 1.165) is 26.7 Å². The number of hydrogen-bond donors (Lipinski definition) is 1. The lowest BCUT2D eigenvalue weighted by molar-refractivity contribution is -0.115. The van der Waals surface area contributed by atoms with E-state index in [1.165, 1.54) is 11.3 Å². The molecule has 3 aromatic rings. The van der Waals surface area contributed by atoms with Crippen molar-refractivity contribution in [2.75, 3.05) is 12.4 Å². The maximum atomic E-state index is 12.1. The summed E-state index contributed by atoms with van der Waals surface area (Å²) in [5, 5.41) is 3.80. The zero-order valence-corrected chi connectivity index (χ0v) is 16.8. The predicted molar refractivity (Wildman–Crippen MR) is 115 cm³/mol. The molecule has 1 aromatic heterocycles. The molecule has 144 valence electrons. The first-order valence-corrected chi connectivity index (χ1v) is 9.87. The number of methoxy groups -OCH3 is 1. The van der Waals surface area contributed by atoms with Gasteiger partial charge in [-0.3, -0.25) is 4.79 Å². The summed E-state index contributed by atoms with van der Waals surface area (Å²) in [6.45, 7) is 6.29. The van der Waals surface area contributed by atoms with Crippen LogP contribution in [0.2, 0.25) is 0 Å². The molecule has 6 heteroatoms. The summed E-state index contributed by atoms with van der Waals surface area (Å²) in [4.78, 5) is 17.7. The standard InChI is InChI=1S/C22H23N3O2S/c1-4-15-25-20(16-11-7-6-8-12-16)21(24-19(26)5-2)28-22(25)23-17-13-9-10-14-18(17)27-3/h4,6-14H,1,5,15H2,2-3H3,(H,24,26). The molecule has 0 fully saturated rings. The van der Waals surface area contributed by atoms with Gasteiger partial charge in [0.05, 0.1) is 12.8 Å². The third-order valence-corrected chi connectivity index (χ3v) is 5.14. The van der Waals surface area contributed by atoms with Gasteiger partial charge in [0.25, 0.3) is 0 Å². The molecule has 1 heterocycles. The molecule has 0 aliphatic heterocycles. The average Bonchev–Trinajstić information content (AvgIpc) is 3.05. The first kappa shape index (κ1) is 19.6. The number of anilines is 1. The predicted octanol–water partition coefficient (Wildman–Crippen LogP) is 4.99. The fourth-order valence-electron chi connectivity index (χ4n) is 2.80. The van der Waals surface area contributed by atoms with E-state index in [0.29, 0.717) is 18.7 Å². The van der Waals surface area contributed by atoms with Crippen molar-refractivity contribution in [2.24, 2.45) is 4.99 Å². The minimum absolute atomic E-state index is 0.0342. The molecule has 0 unspecified atom stereocenters. The number of allylic oxidation sites excluding steroid dienone is 1. The smallest absolute Gasteiger partial charge is 0.224 e. The van der Waals surface area contributed by atoms with Gasteiger partial charge >= 0.3 is 0 Å². The highest BCUT2D eigenvalue weighted by Crippen LogP contribution is 2.32. The minimum Gasteiger partial charge on any atom is -0.494 e. The van der Waals surface area contributed by atoms with Crippen molar-refractivity contribution >= 4 is 27.9 Å². The molecule has 1 amide bonds. The van der Waals surface area contributed by atoms with Crippen molar-refractivity contribution in [3.8, 4) is 17.0 Å². The van der Waals surface area contributed by atoms with Crippen LogP contribution in [0.1, 0.15) is 13.3 Å². The van der Waals surface area contributed by atoms with Crippen molar-refractivity contribution in [3.05, 3.63) is 72.1 Å². The maximum Gasteiger partial charge on any atom is 0.224 e. The fourth-order valence-corrected chi connectivity index (χ4v) is 3.89. The number of para-hydroxylation sites is 2. The topological polar surface area (TPSA) is 55.6 Å². The lowest BCUT2D eigenvalue weighted by Gasteiger charge is -2.10. The van der Waals surface area contributed by atoms with Crippen LogP contribution in [0, 0.1) is 0 Å². The van der Waals surface area contributed by atoms with Gasteiger partial charge in [-0.1, -0.05) is 66.8 Å². The lowest BCUT2D eigenvalue weighted by atomic mass is 10.1. The highest BCUT2D eigenvalue weighted by molar-refractivity contribution is 7.14. The van der Waals surface area contributed by atoms with Gasteiger partial charge < -0.3 is 14.6 Å². The Labute approximate surface area is 168 Å². The Kier molecular flexibility index (Phi) is 6.45. The SMILES string of the molecule is C=CCn1c(-c2ccccc2)c(NC(=O)CC)sc1=Nc1ccccc1OC. The van der Waals surface area contributed by atoms with E-state index in [1.807, 2.05) is 67.6 Å². The largest absolute Gasteiger partial charge is 0.494 e. The second-order valence-electron chi connectivity index (χ2n) is 6.01. The molecule has 0 radical (unpaired) electrons. The molecule has 0 aliphatic carbocycles. The number of nitrogens with zero attached hydrogens (tertiary/aromatic N) is 2. The number of rotatable bonds is 7. The third-order valence-electron chi connectivity index (χ3n) is 4.14. The summed E-state index contributed by atoms with van der Waals surface area (Å²) in [6.07, 6.45) is 2.23. The van der Waals surface area contributed by atoms with E-state index in [-0.39, 0.29) is 5.91 Å². The Balaban J connectivity index is 2.26. The van der Waals surface area contributed by atoms with E-state index in [9.17, 15) is 4.79 Å². The van der Waals surface area contributed by atoms with Crippen molar-refractivity contribution in [1.29, 1.82) is 0 Å². The van der Waals surface area contributed by atoms with Gasteiger partial charge in [-0.15, -0.1) is 6.58 Å². The third kappa shape index (κ3) is 4.23. The number of carbonyl (C=O) groups excluding carboxylic acids is 1. The molecule has 0 aliphatic rings. The van der Waals surface area contributed by atoms with Crippen molar-refractivity contribution in [3.63, 3.8) is 0 Å². The number of thiazole rings is 1. The van der Waals surface area contributed by atoms with Gasteiger partial charge in [-0.25, -0.2) is 4.99 Å². The summed E-state index contributed by atoms with van der Waals surface area (Å²) in [7, 11) is 1.63. The number of aromatic nitrogens is 1. The number of benzene rings is 2. The van der Waals surface area contributed by atoms with Gasteiger partial charge in [0.1, 0.15) is 16.4 Å². The highest BCUT2D eigenvalue weighted by Gasteiger charge is 2.17. The Hall–Kier alpha value is -3.12. The molecular formula is C22H23N3O2S. The Bertz CT molecular complexity index is 1040. The molecule has 0 spiro atoms. The zero-order chi connectivity index (χ0) is 19.9. The molecule has 0 saturated carbocycles. The quantitative estimate of drug-likeness (QED) is 0.575. The first-order chi connectivity index (χ1) is 13.7. The number of ether oxygens (including phenoxy) is 1. The van der Waals surface area contributed by atoms with Crippen LogP contribution in [0.15, 0.2) is 72.2 Å². The Morgan fingerprint density at radius 2 is 1.93 bits per heavy atom. The van der Waals surface area contributed by atoms with Crippen molar-refractivity contribution < 1.29 is 9.53 Å². The molecule has 28 heavy (non-hydrogen) atoms. The number of amides is 1. The lowest BCUT2D eigenvalue weighted by Crippen LogP contribution is -2.15. The molecular weight excluding hydrogens is 370 g/mol. The summed E-state index contributed by atoms with van der Waals surface area (Å²) in [5.41, 5.74) is 2.66. The van der Waals surface area contributed by atoms with Crippen LogP contribution in [0.4, 0.5) is 10.7 Å². The van der Waals surface area contributed by atoms with Gasteiger partial charge in [-0.05, 0) is 12.1 Å². The van der Waals surface area contributed by atoms with Gasteiger partial charge in [-0.2, -0.15) is 0 Å².